The van der Waals surface area contributed by atoms with Crippen LogP contribution in [0.2, 0.25) is 0 Å². The van der Waals surface area contributed by atoms with Crippen LogP contribution in [0.5, 0.6) is 0 Å². The van der Waals surface area contributed by atoms with Crippen LogP contribution in [-0.4, -0.2) is 28.8 Å². The fraction of sp³-hybridized carbons (Fsp3) is 0.160. The Bertz CT molecular complexity index is 1200. The van der Waals surface area contributed by atoms with Crippen molar-refractivity contribution >= 4 is 23.7 Å². The molecule has 0 saturated carbocycles. The van der Waals surface area contributed by atoms with Gasteiger partial charge in [-0.1, -0.05) is 36.4 Å². The Morgan fingerprint density at radius 2 is 1.75 bits per heavy atom. The van der Waals surface area contributed by atoms with Crippen LogP contribution in [0, 0.1) is 19.7 Å². The van der Waals surface area contributed by atoms with E-state index >= 15 is 0 Å². The van der Waals surface area contributed by atoms with E-state index in [1.807, 2.05) is 6.07 Å². The van der Waals surface area contributed by atoms with Gasteiger partial charge >= 0.3 is 5.97 Å². The lowest BCUT2D eigenvalue weighted by Gasteiger charge is -2.11. The van der Waals surface area contributed by atoms with Gasteiger partial charge in [0, 0.05) is 29.6 Å². The van der Waals surface area contributed by atoms with E-state index < -0.39 is 24.3 Å². The summed E-state index contributed by atoms with van der Waals surface area (Å²) in [6.45, 7) is 4.32. The third-order valence-electron chi connectivity index (χ3n) is 4.77. The zero-order valence-electron chi connectivity index (χ0n) is 18.0. The number of hydrogen-bond acceptors (Lipinski definition) is 4. The van der Waals surface area contributed by atoms with Crippen LogP contribution in [0.1, 0.15) is 34.2 Å². The van der Waals surface area contributed by atoms with Crippen LogP contribution < -0.4 is 5.32 Å². The van der Waals surface area contributed by atoms with Crippen LogP contribution in [0.25, 0.3) is 11.8 Å². The Balaban J connectivity index is 1.77. The molecule has 3 rings (SSSR count). The average Bonchev–Trinajstić information content (AvgIpc) is 3.05. The van der Waals surface area contributed by atoms with Crippen molar-refractivity contribution in [2.45, 2.75) is 20.8 Å². The van der Waals surface area contributed by atoms with E-state index in [1.54, 1.807) is 60.9 Å². The van der Waals surface area contributed by atoms with Crippen molar-refractivity contribution in [1.29, 1.82) is 0 Å². The molecule has 1 N–H and O–H groups in total. The maximum atomic E-state index is 13.6. The van der Waals surface area contributed by atoms with Gasteiger partial charge in [0.2, 0.25) is 11.7 Å². The maximum absolute atomic E-state index is 13.6. The molecule has 0 bridgehead atoms. The van der Waals surface area contributed by atoms with Crippen molar-refractivity contribution in [2.24, 2.45) is 0 Å². The van der Waals surface area contributed by atoms with Gasteiger partial charge in [0.15, 0.2) is 6.61 Å². The fourth-order valence-corrected chi connectivity index (χ4v) is 3.40. The Hall–Kier alpha value is -4.00. The normalized spacial score (nSPS) is 11.2. The summed E-state index contributed by atoms with van der Waals surface area (Å²) in [6, 6.07) is 16.7. The second-order valence-corrected chi connectivity index (χ2v) is 7.25. The number of halogens is 1. The number of amides is 1. The van der Waals surface area contributed by atoms with Crippen molar-refractivity contribution in [3.05, 3.63) is 94.7 Å². The van der Waals surface area contributed by atoms with Crippen LogP contribution in [-0.2, 0) is 14.3 Å². The molecular weight excluding hydrogens is 411 g/mol. The monoisotopic (exact) mass is 434 g/mol. The molecule has 0 saturated heterocycles. The smallest absolute Gasteiger partial charge is 0.355 e. The molecular formula is C25H23FN2O4. The van der Waals surface area contributed by atoms with E-state index in [-0.39, 0.29) is 11.5 Å². The van der Waals surface area contributed by atoms with E-state index in [0.717, 1.165) is 5.69 Å². The summed E-state index contributed by atoms with van der Waals surface area (Å²) in [5.41, 5.74) is 2.93. The molecule has 0 aliphatic carbocycles. The Labute approximate surface area is 185 Å². The molecule has 2 aromatic carbocycles. The molecule has 32 heavy (non-hydrogen) atoms. The highest BCUT2D eigenvalue weighted by Crippen LogP contribution is 2.22. The SMILES string of the molecule is CC(=O)N/C(=C\c1ccccc1)C(=O)OCC(=O)c1cc(C)n(-c2cccc(F)c2)c1C. The number of rotatable bonds is 7. The first-order valence-corrected chi connectivity index (χ1v) is 9.96. The summed E-state index contributed by atoms with van der Waals surface area (Å²) in [7, 11) is 0. The number of benzene rings is 2. The van der Waals surface area contributed by atoms with Gasteiger partial charge < -0.3 is 14.6 Å². The van der Waals surface area contributed by atoms with Crippen LogP contribution in [0.4, 0.5) is 4.39 Å². The summed E-state index contributed by atoms with van der Waals surface area (Å²) in [4.78, 5) is 36.8. The highest BCUT2D eigenvalue weighted by Gasteiger charge is 2.20. The molecule has 1 amide bonds. The van der Waals surface area contributed by atoms with Gasteiger partial charge in [-0.2, -0.15) is 0 Å². The number of carbonyl (C=O) groups is 3. The zero-order valence-corrected chi connectivity index (χ0v) is 18.0. The second kappa shape index (κ2) is 9.87. The lowest BCUT2D eigenvalue weighted by molar-refractivity contribution is -0.139. The highest BCUT2D eigenvalue weighted by molar-refractivity contribution is 6.02. The number of aryl methyl sites for hydroxylation is 1. The van der Waals surface area contributed by atoms with Gasteiger partial charge in [-0.25, -0.2) is 9.18 Å². The lowest BCUT2D eigenvalue weighted by atomic mass is 10.1. The molecule has 164 valence electrons. The summed E-state index contributed by atoms with van der Waals surface area (Å²) >= 11 is 0. The number of nitrogens with one attached hydrogen (secondary N) is 1. The molecule has 1 heterocycles. The minimum atomic E-state index is -0.823. The molecule has 0 atom stereocenters. The predicted molar refractivity (Wildman–Crippen MR) is 119 cm³/mol. The van der Waals surface area contributed by atoms with E-state index in [9.17, 15) is 18.8 Å². The number of Topliss-reactive ketones (excluding diaryl/α,β-unsaturated/α-hetero) is 1. The average molecular weight is 434 g/mol. The van der Waals surface area contributed by atoms with Gasteiger partial charge in [0.25, 0.3) is 0 Å². The summed E-state index contributed by atoms with van der Waals surface area (Å²) in [5, 5.41) is 2.44. The molecule has 0 radical (unpaired) electrons. The number of carbonyl (C=O) groups excluding carboxylic acids is 3. The zero-order chi connectivity index (χ0) is 23.3. The third kappa shape index (κ3) is 5.37. The first kappa shape index (κ1) is 22.7. The molecule has 0 aliphatic heterocycles. The molecule has 6 nitrogen and oxygen atoms in total. The summed E-state index contributed by atoms with van der Waals surface area (Å²) in [6.07, 6.45) is 1.48. The topological polar surface area (TPSA) is 77.4 Å². The number of esters is 1. The van der Waals surface area contributed by atoms with Crippen molar-refractivity contribution in [1.82, 2.24) is 9.88 Å². The first-order chi connectivity index (χ1) is 15.3. The molecule has 3 aromatic rings. The largest absolute Gasteiger partial charge is 0.453 e. The summed E-state index contributed by atoms with van der Waals surface area (Å²) in [5.74, 6) is -2.05. The molecule has 7 heteroatoms. The third-order valence-corrected chi connectivity index (χ3v) is 4.77. The van der Waals surface area contributed by atoms with Crippen LogP contribution in [0.15, 0.2) is 66.4 Å². The quantitative estimate of drug-likeness (QED) is 0.345. The van der Waals surface area contributed by atoms with Crippen molar-refractivity contribution in [3.63, 3.8) is 0 Å². The van der Waals surface area contributed by atoms with Crippen molar-refractivity contribution in [2.75, 3.05) is 6.61 Å². The molecule has 1 aromatic heterocycles. The Morgan fingerprint density at radius 1 is 1.03 bits per heavy atom. The van der Waals surface area contributed by atoms with E-state index in [1.165, 1.54) is 25.1 Å². The van der Waals surface area contributed by atoms with Gasteiger partial charge in [-0.15, -0.1) is 0 Å². The van der Waals surface area contributed by atoms with E-state index in [2.05, 4.69) is 5.32 Å². The minimum absolute atomic E-state index is 0.0678. The van der Waals surface area contributed by atoms with E-state index in [0.29, 0.717) is 22.5 Å². The van der Waals surface area contributed by atoms with Crippen molar-refractivity contribution < 1.29 is 23.5 Å². The molecule has 0 fully saturated rings. The van der Waals surface area contributed by atoms with Crippen LogP contribution in [0.3, 0.4) is 0 Å². The maximum Gasteiger partial charge on any atom is 0.355 e. The van der Waals surface area contributed by atoms with Gasteiger partial charge in [-0.3, -0.25) is 9.59 Å². The van der Waals surface area contributed by atoms with Gasteiger partial charge in [0.05, 0.1) is 0 Å². The highest BCUT2D eigenvalue weighted by atomic mass is 19.1. The fourth-order valence-electron chi connectivity index (χ4n) is 3.40. The number of nitrogens with zero attached hydrogens (tertiary/aromatic N) is 1. The Kier molecular flexibility index (Phi) is 7.00. The second-order valence-electron chi connectivity index (χ2n) is 7.25. The lowest BCUT2D eigenvalue weighted by Crippen LogP contribution is -2.27. The standard InChI is InChI=1S/C25H23FN2O4/c1-16-12-22(17(2)28(16)21-11-7-10-20(26)14-21)24(30)15-32-25(31)23(27-18(3)29)13-19-8-5-4-6-9-19/h4-14H,15H2,1-3H3,(H,27,29)/b23-13-. The Morgan fingerprint density at radius 3 is 2.41 bits per heavy atom. The van der Waals surface area contributed by atoms with Crippen LogP contribution >= 0.6 is 0 Å². The summed E-state index contributed by atoms with van der Waals surface area (Å²) < 4.78 is 20.6. The van der Waals surface area contributed by atoms with Crippen molar-refractivity contribution in [3.8, 4) is 5.69 Å². The molecule has 0 aliphatic rings. The molecule has 0 spiro atoms. The number of ether oxygens (including phenoxy) is 1. The number of ketones is 1. The van der Waals surface area contributed by atoms with E-state index in [4.69, 9.17) is 4.74 Å². The van der Waals surface area contributed by atoms with Gasteiger partial charge in [-0.05, 0) is 49.8 Å². The molecule has 0 unspecified atom stereocenters. The number of aromatic nitrogens is 1. The first-order valence-electron chi connectivity index (χ1n) is 9.96. The minimum Gasteiger partial charge on any atom is -0.453 e. The number of hydrogen-bond donors (Lipinski definition) is 1. The van der Waals surface area contributed by atoms with Gasteiger partial charge in [0.1, 0.15) is 11.5 Å². The predicted octanol–water partition coefficient (Wildman–Crippen LogP) is 4.14.